The van der Waals surface area contributed by atoms with Crippen molar-refractivity contribution in [3.05, 3.63) is 60.1 Å². The molecule has 0 saturated carbocycles. The number of carbonyl (C=O) groups excluding carboxylic acids is 1. The Morgan fingerprint density at radius 2 is 2.08 bits per heavy atom. The zero-order chi connectivity index (χ0) is 18.1. The van der Waals surface area contributed by atoms with E-state index in [4.69, 9.17) is 9.47 Å². The van der Waals surface area contributed by atoms with Crippen molar-refractivity contribution in [2.24, 2.45) is 0 Å². The zero-order valence-corrected chi connectivity index (χ0v) is 13.3. The standard InChI is InChI=1S/C18H12F2N2O4/c19-18(20)26-14-8-16-15(24-10-25-16)7-11(14)4-5-13(23)12-9-22-6-2-1-3-17(22)21-12/h1-9,18H,10H2. The second-order valence-electron chi connectivity index (χ2n) is 5.41. The summed E-state index contributed by atoms with van der Waals surface area (Å²) >= 11 is 0. The minimum absolute atomic E-state index is 0.00318. The third-order valence-electron chi connectivity index (χ3n) is 3.75. The summed E-state index contributed by atoms with van der Waals surface area (Å²) in [5.41, 5.74) is 1.14. The van der Waals surface area contributed by atoms with E-state index in [-0.39, 0.29) is 29.6 Å². The monoisotopic (exact) mass is 358 g/mol. The zero-order valence-electron chi connectivity index (χ0n) is 13.3. The van der Waals surface area contributed by atoms with Gasteiger partial charge >= 0.3 is 6.61 Å². The first-order valence-electron chi connectivity index (χ1n) is 7.65. The van der Waals surface area contributed by atoms with Crippen LogP contribution in [0.15, 0.2) is 48.8 Å². The van der Waals surface area contributed by atoms with E-state index < -0.39 is 6.61 Å². The molecule has 1 aliphatic heterocycles. The number of rotatable bonds is 5. The molecular formula is C18H12F2N2O4. The summed E-state index contributed by atoms with van der Waals surface area (Å²) < 4.78 is 41.9. The Bertz CT molecular complexity index is 981. The van der Waals surface area contributed by atoms with Gasteiger partial charge in [-0.05, 0) is 30.4 Å². The molecule has 26 heavy (non-hydrogen) atoms. The van der Waals surface area contributed by atoms with E-state index in [0.717, 1.165) is 0 Å². The molecule has 0 amide bonds. The number of fused-ring (bicyclic) bond motifs is 2. The summed E-state index contributed by atoms with van der Waals surface area (Å²) in [6.45, 7) is -3.01. The fourth-order valence-corrected chi connectivity index (χ4v) is 2.57. The number of alkyl halides is 2. The van der Waals surface area contributed by atoms with E-state index in [1.165, 1.54) is 24.3 Å². The number of aromatic nitrogens is 2. The molecule has 132 valence electrons. The molecule has 3 aromatic rings. The molecule has 1 aliphatic rings. The number of imidazole rings is 1. The number of ketones is 1. The van der Waals surface area contributed by atoms with Crippen molar-refractivity contribution in [1.29, 1.82) is 0 Å². The maximum atomic E-state index is 12.6. The van der Waals surface area contributed by atoms with Gasteiger partial charge in [0, 0.05) is 24.0 Å². The van der Waals surface area contributed by atoms with Crippen LogP contribution in [0.5, 0.6) is 17.2 Å². The molecular weight excluding hydrogens is 346 g/mol. The summed E-state index contributed by atoms with van der Waals surface area (Å²) in [4.78, 5) is 16.6. The summed E-state index contributed by atoms with van der Waals surface area (Å²) in [5.74, 6) is 0.230. The summed E-state index contributed by atoms with van der Waals surface area (Å²) in [6, 6.07) is 8.19. The van der Waals surface area contributed by atoms with Gasteiger partial charge in [0.2, 0.25) is 12.6 Å². The van der Waals surface area contributed by atoms with Crippen LogP contribution in [0.2, 0.25) is 0 Å². The predicted octanol–water partition coefficient (Wildman–Crippen LogP) is 3.56. The van der Waals surface area contributed by atoms with Gasteiger partial charge in [-0.1, -0.05) is 6.07 Å². The van der Waals surface area contributed by atoms with E-state index in [2.05, 4.69) is 9.72 Å². The van der Waals surface area contributed by atoms with Crippen molar-refractivity contribution in [3.63, 3.8) is 0 Å². The molecule has 1 aromatic carbocycles. The molecule has 0 fully saturated rings. The van der Waals surface area contributed by atoms with Crippen molar-refractivity contribution in [2.75, 3.05) is 6.79 Å². The quantitative estimate of drug-likeness (QED) is 0.516. The lowest BCUT2D eigenvalue weighted by molar-refractivity contribution is -0.0500. The normalized spacial score (nSPS) is 13.0. The summed E-state index contributed by atoms with van der Waals surface area (Å²) in [6.07, 6.45) is 6.00. The highest BCUT2D eigenvalue weighted by atomic mass is 19.3. The molecule has 0 unspecified atom stereocenters. The van der Waals surface area contributed by atoms with Crippen LogP contribution in [0.1, 0.15) is 16.1 Å². The molecule has 4 rings (SSSR count). The first kappa shape index (κ1) is 16.1. The summed E-state index contributed by atoms with van der Waals surface area (Å²) in [7, 11) is 0. The van der Waals surface area contributed by atoms with Crippen molar-refractivity contribution in [1.82, 2.24) is 9.38 Å². The highest BCUT2D eigenvalue weighted by molar-refractivity contribution is 6.06. The van der Waals surface area contributed by atoms with E-state index in [0.29, 0.717) is 17.1 Å². The molecule has 0 bridgehead atoms. The van der Waals surface area contributed by atoms with Gasteiger partial charge in [-0.25, -0.2) is 4.98 Å². The van der Waals surface area contributed by atoms with E-state index in [1.54, 1.807) is 22.9 Å². The van der Waals surface area contributed by atoms with Crippen LogP contribution in [0, 0.1) is 0 Å². The predicted molar refractivity (Wildman–Crippen MR) is 87.8 cm³/mol. The van der Waals surface area contributed by atoms with Crippen LogP contribution in [-0.4, -0.2) is 28.6 Å². The van der Waals surface area contributed by atoms with Gasteiger partial charge in [0.25, 0.3) is 0 Å². The molecule has 0 saturated heterocycles. The molecule has 0 N–H and O–H groups in total. The number of pyridine rings is 1. The average Bonchev–Trinajstić information content (AvgIpc) is 3.24. The Hall–Kier alpha value is -3.42. The highest BCUT2D eigenvalue weighted by Gasteiger charge is 2.19. The van der Waals surface area contributed by atoms with Crippen LogP contribution in [0.4, 0.5) is 8.78 Å². The molecule has 3 heterocycles. The average molecular weight is 358 g/mol. The Labute approximate surface area is 146 Å². The largest absolute Gasteiger partial charge is 0.454 e. The summed E-state index contributed by atoms with van der Waals surface area (Å²) in [5, 5.41) is 0. The van der Waals surface area contributed by atoms with Crippen LogP contribution >= 0.6 is 0 Å². The Kier molecular flexibility index (Phi) is 4.00. The van der Waals surface area contributed by atoms with E-state index >= 15 is 0 Å². The Balaban J connectivity index is 1.63. The first-order chi connectivity index (χ1) is 12.6. The minimum atomic E-state index is -3.00. The van der Waals surface area contributed by atoms with E-state index in [1.807, 2.05) is 12.1 Å². The topological polar surface area (TPSA) is 62.1 Å². The minimum Gasteiger partial charge on any atom is -0.454 e. The van der Waals surface area contributed by atoms with Gasteiger partial charge < -0.3 is 18.6 Å². The molecule has 2 aromatic heterocycles. The lowest BCUT2D eigenvalue weighted by Gasteiger charge is -2.09. The fourth-order valence-electron chi connectivity index (χ4n) is 2.57. The smallest absolute Gasteiger partial charge is 0.387 e. The van der Waals surface area contributed by atoms with Crippen LogP contribution < -0.4 is 14.2 Å². The number of allylic oxidation sites excluding steroid dienone is 1. The third kappa shape index (κ3) is 3.08. The number of halogens is 2. The maximum absolute atomic E-state index is 12.6. The van der Waals surface area contributed by atoms with Gasteiger partial charge in [0.15, 0.2) is 11.5 Å². The maximum Gasteiger partial charge on any atom is 0.387 e. The second kappa shape index (κ2) is 6.47. The number of carbonyl (C=O) groups is 1. The van der Waals surface area contributed by atoms with Crippen molar-refractivity contribution < 1.29 is 27.8 Å². The van der Waals surface area contributed by atoms with Crippen LogP contribution in [0.3, 0.4) is 0 Å². The highest BCUT2D eigenvalue weighted by Crippen LogP contribution is 2.39. The number of hydrogen-bond acceptors (Lipinski definition) is 5. The van der Waals surface area contributed by atoms with Gasteiger partial charge in [0.05, 0.1) is 0 Å². The molecule has 0 atom stereocenters. The van der Waals surface area contributed by atoms with Crippen LogP contribution in [0.25, 0.3) is 11.7 Å². The Morgan fingerprint density at radius 1 is 1.27 bits per heavy atom. The molecule has 0 aliphatic carbocycles. The van der Waals surface area contributed by atoms with E-state index in [9.17, 15) is 13.6 Å². The van der Waals surface area contributed by atoms with Crippen molar-refractivity contribution >= 4 is 17.5 Å². The molecule has 8 heteroatoms. The molecule has 0 spiro atoms. The second-order valence-corrected chi connectivity index (χ2v) is 5.41. The number of hydrogen-bond donors (Lipinski definition) is 0. The van der Waals surface area contributed by atoms with Crippen LogP contribution in [-0.2, 0) is 0 Å². The van der Waals surface area contributed by atoms with Crippen molar-refractivity contribution in [2.45, 2.75) is 6.61 Å². The van der Waals surface area contributed by atoms with Gasteiger partial charge in [-0.15, -0.1) is 0 Å². The lowest BCUT2D eigenvalue weighted by Crippen LogP contribution is -2.03. The van der Waals surface area contributed by atoms with Gasteiger partial charge in [-0.2, -0.15) is 8.78 Å². The van der Waals surface area contributed by atoms with Gasteiger partial charge in [0.1, 0.15) is 17.1 Å². The number of ether oxygens (including phenoxy) is 3. The molecule has 0 radical (unpaired) electrons. The molecule has 6 nitrogen and oxygen atoms in total. The number of nitrogens with zero attached hydrogens (tertiary/aromatic N) is 2. The van der Waals surface area contributed by atoms with Crippen molar-refractivity contribution in [3.8, 4) is 17.2 Å². The third-order valence-corrected chi connectivity index (χ3v) is 3.75. The fraction of sp³-hybridized carbons (Fsp3) is 0.111. The SMILES string of the molecule is O=C(C=Cc1cc2c(cc1OC(F)F)OCO2)c1cn2ccccc2n1. The first-order valence-corrected chi connectivity index (χ1v) is 7.65. The van der Waals surface area contributed by atoms with Gasteiger partial charge in [-0.3, -0.25) is 4.79 Å². The Morgan fingerprint density at radius 3 is 2.85 bits per heavy atom. The number of benzene rings is 1. The lowest BCUT2D eigenvalue weighted by atomic mass is 10.1.